The van der Waals surface area contributed by atoms with Gasteiger partial charge in [-0.15, -0.1) is 0 Å². The zero-order valence-corrected chi connectivity index (χ0v) is 62.8. The second-order valence-corrected chi connectivity index (χ2v) is 28.8. The molecule has 0 aliphatic heterocycles. The molecule has 0 bridgehead atoms. The Morgan fingerprint density at radius 1 is 0.302 bits per heavy atom. The second-order valence-electron chi connectivity index (χ2n) is 25.9. The highest BCUT2D eigenvalue weighted by Gasteiger charge is 2.30. The summed E-state index contributed by atoms with van der Waals surface area (Å²) in [6, 6.07) is 0. The molecule has 96 heavy (non-hydrogen) atoms. The van der Waals surface area contributed by atoms with Crippen molar-refractivity contribution in [3.63, 3.8) is 0 Å². The molecule has 0 amide bonds. The molecular weight excluding hydrogens is 1260 g/mol. The quantitative estimate of drug-likeness (QED) is 0.0169. The van der Waals surface area contributed by atoms with Crippen molar-refractivity contribution < 1.29 is 80.2 Å². The number of aliphatic hydroxyl groups is 1. The number of hydrogen-bond donors (Lipinski definition) is 3. The van der Waals surface area contributed by atoms with E-state index in [1.807, 2.05) is 0 Å². The van der Waals surface area contributed by atoms with Crippen LogP contribution in [-0.2, 0) is 65.4 Å². The van der Waals surface area contributed by atoms with E-state index in [0.29, 0.717) is 25.7 Å². The van der Waals surface area contributed by atoms with Crippen molar-refractivity contribution in [2.24, 2.45) is 0 Å². The van der Waals surface area contributed by atoms with Crippen molar-refractivity contribution in [1.82, 2.24) is 0 Å². The van der Waals surface area contributed by atoms with Crippen molar-refractivity contribution in [1.29, 1.82) is 0 Å². The van der Waals surface area contributed by atoms with Gasteiger partial charge in [-0.3, -0.25) is 37.3 Å². The number of allylic oxidation sites excluding steroid dienone is 10. The zero-order chi connectivity index (χ0) is 70.4. The van der Waals surface area contributed by atoms with Crippen molar-refractivity contribution >= 4 is 39.5 Å². The van der Waals surface area contributed by atoms with E-state index in [2.05, 4.69) is 88.5 Å². The molecule has 560 valence electrons. The monoisotopic (exact) mass is 1400 g/mol. The van der Waals surface area contributed by atoms with Gasteiger partial charge in [0.1, 0.15) is 19.3 Å². The zero-order valence-electron chi connectivity index (χ0n) is 61.1. The maximum absolute atomic E-state index is 13.1. The topological polar surface area (TPSA) is 237 Å². The maximum Gasteiger partial charge on any atom is 0.472 e. The predicted molar refractivity (Wildman–Crippen MR) is 390 cm³/mol. The molecule has 0 aliphatic carbocycles. The molecule has 0 heterocycles. The van der Waals surface area contributed by atoms with Gasteiger partial charge >= 0.3 is 39.5 Å². The summed E-state index contributed by atoms with van der Waals surface area (Å²) in [5.74, 6) is -2.20. The van der Waals surface area contributed by atoms with E-state index in [1.54, 1.807) is 0 Å². The Hall–Kier alpha value is -3.24. The summed E-state index contributed by atoms with van der Waals surface area (Å²) in [5.41, 5.74) is 0. The Balaban J connectivity index is 5.34. The molecule has 0 aromatic rings. The van der Waals surface area contributed by atoms with Gasteiger partial charge in [-0.2, -0.15) is 0 Å². The number of carbonyl (C=O) groups excluding carboxylic acids is 4. The molecule has 0 rings (SSSR count). The van der Waals surface area contributed by atoms with Gasteiger partial charge in [0.15, 0.2) is 12.2 Å². The number of hydrogen-bond acceptors (Lipinski definition) is 15. The lowest BCUT2D eigenvalue weighted by Crippen LogP contribution is -2.30. The largest absolute Gasteiger partial charge is 0.472 e. The molecule has 3 N–H and O–H groups in total. The number of aliphatic hydroxyl groups excluding tert-OH is 1. The van der Waals surface area contributed by atoms with Gasteiger partial charge < -0.3 is 33.8 Å². The molecule has 0 aliphatic rings. The normalized spacial score (nSPS) is 14.3. The number of phosphoric acid groups is 2. The SMILES string of the molecule is CC/C=C\C/C=C\C/C=C\C/C=C\CCCCC(=O)OCC(COP(=O)(O)OCC(O)COP(=O)(O)OCC(COC(=O)CCCCCCC/C=C\CCCCCC)OC(=O)CCCCCCCCCCCCCCC)OC(=O)CCCCCCCCCCCCCCCCC. The molecule has 0 aromatic carbocycles. The molecule has 0 aromatic heterocycles. The Labute approximate surface area is 584 Å². The average molecular weight is 1400 g/mol. The number of phosphoric ester groups is 2. The van der Waals surface area contributed by atoms with Gasteiger partial charge in [-0.25, -0.2) is 9.13 Å². The highest BCUT2D eigenvalue weighted by molar-refractivity contribution is 7.47. The minimum Gasteiger partial charge on any atom is -0.462 e. The van der Waals surface area contributed by atoms with Gasteiger partial charge in [0.25, 0.3) is 0 Å². The van der Waals surface area contributed by atoms with E-state index in [9.17, 15) is 43.2 Å². The average Bonchev–Trinajstić information content (AvgIpc) is 1.36. The number of ether oxygens (including phenoxy) is 4. The van der Waals surface area contributed by atoms with Crippen LogP contribution in [0.1, 0.15) is 349 Å². The van der Waals surface area contributed by atoms with Crippen molar-refractivity contribution in [3.8, 4) is 0 Å². The van der Waals surface area contributed by atoms with Crippen molar-refractivity contribution in [2.45, 2.75) is 367 Å². The summed E-state index contributed by atoms with van der Waals surface area (Å²) in [7, 11) is -9.94. The lowest BCUT2D eigenvalue weighted by atomic mass is 10.0. The van der Waals surface area contributed by atoms with Crippen LogP contribution < -0.4 is 0 Å². The second kappa shape index (κ2) is 70.2. The van der Waals surface area contributed by atoms with E-state index in [0.717, 1.165) is 128 Å². The van der Waals surface area contributed by atoms with Crippen LogP contribution in [0.25, 0.3) is 0 Å². The third kappa shape index (κ3) is 69.2. The highest BCUT2D eigenvalue weighted by atomic mass is 31.2. The third-order valence-electron chi connectivity index (χ3n) is 16.5. The van der Waals surface area contributed by atoms with Crippen LogP contribution in [0.5, 0.6) is 0 Å². The fourth-order valence-corrected chi connectivity index (χ4v) is 12.2. The van der Waals surface area contributed by atoms with Crippen LogP contribution in [0.4, 0.5) is 0 Å². The number of rotatable bonds is 73. The predicted octanol–water partition coefficient (Wildman–Crippen LogP) is 21.9. The molecule has 5 unspecified atom stereocenters. The maximum atomic E-state index is 13.1. The fraction of sp³-hybridized carbons (Fsp3) is 0.818. The van der Waals surface area contributed by atoms with E-state index in [-0.39, 0.29) is 25.7 Å². The van der Waals surface area contributed by atoms with E-state index >= 15 is 0 Å². The van der Waals surface area contributed by atoms with Crippen molar-refractivity contribution in [3.05, 3.63) is 60.8 Å². The van der Waals surface area contributed by atoms with Gasteiger partial charge in [-0.05, 0) is 89.9 Å². The summed E-state index contributed by atoms with van der Waals surface area (Å²) in [6.07, 6.45) is 67.8. The first-order chi connectivity index (χ1) is 46.7. The first kappa shape index (κ1) is 92.8. The standard InChI is InChI=1S/C77H140O17P2/c1-5-9-13-17-21-25-29-33-35-39-42-46-50-54-58-62-75(80)88-68-73(94-77(82)64-60-56-52-48-44-40-36-34-30-26-22-18-14-10-6-2)70-92-96(85,86)90-66-71(78)65-89-95(83,84)91-69-72(93-76(81)63-59-55-51-47-43-38-32-28-24-20-16-12-8-4)67-87-74(79)61-57-53-49-45-41-37-31-27-23-19-15-11-7-3/h9,13,21,25,27,31,33,35,42,46,71-73,78H,5-8,10-12,14-20,22-24,26,28-30,32,34,36-41,43-45,47-70H2,1-4H3,(H,83,84)(H,85,86)/b13-9-,25-21-,31-27-,35-33-,46-42-. The summed E-state index contributed by atoms with van der Waals surface area (Å²) in [4.78, 5) is 72.8. The minimum absolute atomic E-state index is 0.0922. The molecular formula is C77H140O17P2. The molecule has 0 saturated heterocycles. The molecule has 17 nitrogen and oxygen atoms in total. The van der Waals surface area contributed by atoms with Crippen LogP contribution in [0.3, 0.4) is 0 Å². The molecule has 0 fully saturated rings. The summed E-state index contributed by atoms with van der Waals surface area (Å²) < 4.78 is 68.4. The summed E-state index contributed by atoms with van der Waals surface area (Å²) in [6.45, 7) is 4.75. The minimum atomic E-state index is -4.97. The van der Waals surface area contributed by atoms with Gasteiger partial charge in [0.2, 0.25) is 0 Å². The fourth-order valence-electron chi connectivity index (χ4n) is 10.6. The van der Waals surface area contributed by atoms with Gasteiger partial charge in [0.05, 0.1) is 26.4 Å². The van der Waals surface area contributed by atoms with Crippen LogP contribution in [0, 0.1) is 0 Å². The Morgan fingerprint density at radius 2 is 0.542 bits per heavy atom. The van der Waals surface area contributed by atoms with Crippen molar-refractivity contribution in [2.75, 3.05) is 39.6 Å². The summed E-state index contributed by atoms with van der Waals surface area (Å²) >= 11 is 0. The number of esters is 4. The summed E-state index contributed by atoms with van der Waals surface area (Å²) in [5, 5.41) is 10.6. The Kier molecular flexibility index (Phi) is 67.8. The highest BCUT2D eigenvalue weighted by Crippen LogP contribution is 2.45. The molecule has 0 saturated carbocycles. The van der Waals surface area contributed by atoms with Crippen LogP contribution >= 0.6 is 15.6 Å². The van der Waals surface area contributed by atoms with Gasteiger partial charge in [0, 0.05) is 25.7 Å². The molecule has 0 radical (unpaired) electrons. The van der Waals surface area contributed by atoms with Crippen LogP contribution in [-0.4, -0.2) is 96.7 Å². The molecule has 5 atom stereocenters. The lowest BCUT2D eigenvalue weighted by molar-refractivity contribution is -0.161. The lowest BCUT2D eigenvalue weighted by Gasteiger charge is -2.21. The van der Waals surface area contributed by atoms with E-state index < -0.39 is 97.5 Å². The number of carbonyl (C=O) groups is 4. The van der Waals surface area contributed by atoms with Crippen LogP contribution in [0.15, 0.2) is 60.8 Å². The first-order valence-corrected chi connectivity index (χ1v) is 41.5. The number of unbranched alkanes of at least 4 members (excludes halogenated alkanes) is 37. The van der Waals surface area contributed by atoms with Crippen LogP contribution in [0.2, 0.25) is 0 Å². The van der Waals surface area contributed by atoms with E-state index in [4.69, 9.17) is 37.0 Å². The smallest absolute Gasteiger partial charge is 0.462 e. The first-order valence-electron chi connectivity index (χ1n) is 38.5. The van der Waals surface area contributed by atoms with Gasteiger partial charge in [-0.1, -0.05) is 294 Å². The van der Waals surface area contributed by atoms with E-state index in [1.165, 1.54) is 141 Å². The third-order valence-corrected chi connectivity index (χ3v) is 18.4. The molecule has 19 heteroatoms. The molecule has 0 spiro atoms. The Morgan fingerprint density at radius 3 is 0.875 bits per heavy atom. The Bertz CT molecular complexity index is 2060.